The van der Waals surface area contributed by atoms with Gasteiger partial charge < -0.3 is 4.74 Å². The largest absolute Gasteiger partial charge is 0.483 e. The number of halogens is 2. The second-order valence-corrected chi connectivity index (χ2v) is 6.53. The first-order valence-corrected chi connectivity index (χ1v) is 8.97. The van der Waals surface area contributed by atoms with Crippen LogP contribution in [0.4, 0.5) is 4.39 Å². The highest BCUT2D eigenvalue weighted by Gasteiger charge is 2.08. The zero-order valence-corrected chi connectivity index (χ0v) is 15.8. The minimum absolute atomic E-state index is 0.206. The number of hydrogen-bond donors (Lipinski definition) is 1. The summed E-state index contributed by atoms with van der Waals surface area (Å²) in [5.41, 5.74) is 4.49. The molecule has 0 aliphatic heterocycles. The minimum Gasteiger partial charge on any atom is -0.483 e. The van der Waals surface area contributed by atoms with Crippen molar-refractivity contribution in [2.45, 2.75) is 0 Å². The van der Waals surface area contributed by atoms with Gasteiger partial charge in [-0.1, -0.05) is 64.5 Å². The highest BCUT2D eigenvalue weighted by Crippen LogP contribution is 2.29. The first kappa shape index (κ1) is 18.8. The summed E-state index contributed by atoms with van der Waals surface area (Å²) in [6.45, 7) is -0.206. The number of rotatable bonds is 6. The number of amides is 1. The lowest BCUT2D eigenvalue weighted by molar-refractivity contribution is -0.123. The first-order valence-electron chi connectivity index (χ1n) is 8.17. The van der Waals surface area contributed by atoms with Gasteiger partial charge in [-0.3, -0.25) is 4.79 Å². The summed E-state index contributed by atoms with van der Waals surface area (Å²) in [4.78, 5) is 12.0. The second kappa shape index (κ2) is 9.09. The summed E-state index contributed by atoms with van der Waals surface area (Å²) in [5, 5.41) is 3.77. The molecule has 0 aromatic heterocycles. The minimum atomic E-state index is -0.440. The van der Waals surface area contributed by atoms with Crippen molar-refractivity contribution in [3.8, 4) is 16.9 Å². The monoisotopic (exact) mass is 426 g/mol. The van der Waals surface area contributed by atoms with Crippen LogP contribution in [0.3, 0.4) is 0 Å². The highest BCUT2D eigenvalue weighted by molar-refractivity contribution is 9.10. The van der Waals surface area contributed by atoms with Crippen LogP contribution in [0, 0.1) is 5.82 Å². The van der Waals surface area contributed by atoms with Crippen LogP contribution in [0.25, 0.3) is 11.1 Å². The molecule has 1 amide bonds. The molecule has 0 unspecified atom stereocenters. The van der Waals surface area contributed by atoms with Crippen molar-refractivity contribution in [3.63, 3.8) is 0 Å². The predicted octanol–water partition coefficient (Wildman–Crippen LogP) is 4.78. The van der Waals surface area contributed by atoms with E-state index in [2.05, 4.69) is 26.5 Å². The van der Waals surface area contributed by atoms with E-state index < -0.39 is 11.7 Å². The summed E-state index contributed by atoms with van der Waals surface area (Å²) in [7, 11) is 0. The molecule has 0 spiro atoms. The van der Waals surface area contributed by atoms with Crippen LogP contribution in [-0.4, -0.2) is 18.7 Å². The maximum atomic E-state index is 13.6. The van der Waals surface area contributed by atoms with Crippen molar-refractivity contribution >= 4 is 28.1 Å². The quantitative estimate of drug-likeness (QED) is 0.455. The summed E-state index contributed by atoms with van der Waals surface area (Å²) in [5.74, 6) is -0.269. The van der Waals surface area contributed by atoms with Gasteiger partial charge >= 0.3 is 0 Å². The Morgan fingerprint density at radius 2 is 1.81 bits per heavy atom. The molecule has 0 fully saturated rings. The molecular formula is C21H16BrFN2O2. The van der Waals surface area contributed by atoms with Gasteiger partial charge in [-0.15, -0.1) is 0 Å². The van der Waals surface area contributed by atoms with Crippen molar-refractivity contribution in [2.75, 3.05) is 6.61 Å². The Kier molecular flexibility index (Phi) is 6.33. The number of nitrogens with one attached hydrogen (secondary N) is 1. The molecule has 136 valence electrons. The first-order chi connectivity index (χ1) is 13.1. The lowest BCUT2D eigenvalue weighted by Gasteiger charge is -2.10. The third-order valence-electron chi connectivity index (χ3n) is 3.68. The Labute approximate surface area is 164 Å². The number of ether oxygens (including phenoxy) is 1. The Balaban J connectivity index is 1.60. The van der Waals surface area contributed by atoms with Crippen LogP contribution in [0.5, 0.6) is 5.75 Å². The molecule has 3 rings (SSSR count). The van der Waals surface area contributed by atoms with Gasteiger partial charge in [-0.25, -0.2) is 9.82 Å². The van der Waals surface area contributed by atoms with Gasteiger partial charge in [0.1, 0.15) is 11.6 Å². The topological polar surface area (TPSA) is 50.7 Å². The molecule has 0 aliphatic carbocycles. The molecule has 6 heteroatoms. The molecular weight excluding hydrogens is 411 g/mol. The van der Waals surface area contributed by atoms with Crippen molar-refractivity contribution in [2.24, 2.45) is 5.10 Å². The summed E-state index contributed by atoms with van der Waals surface area (Å²) < 4.78 is 20.0. The van der Waals surface area contributed by atoms with Crippen molar-refractivity contribution < 1.29 is 13.9 Å². The van der Waals surface area contributed by atoms with Gasteiger partial charge in [0.25, 0.3) is 5.91 Å². The van der Waals surface area contributed by atoms with E-state index in [1.54, 1.807) is 18.2 Å². The molecule has 3 aromatic rings. The fourth-order valence-corrected chi connectivity index (χ4v) is 2.79. The van der Waals surface area contributed by atoms with Crippen molar-refractivity contribution in [3.05, 3.63) is 88.6 Å². The maximum Gasteiger partial charge on any atom is 0.277 e. The molecule has 0 bridgehead atoms. The van der Waals surface area contributed by atoms with E-state index in [1.165, 1.54) is 12.3 Å². The molecule has 0 radical (unpaired) electrons. The van der Waals surface area contributed by atoms with E-state index in [1.807, 2.05) is 48.5 Å². The molecule has 0 saturated heterocycles. The molecule has 4 nitrogen and oxygen atoms in total. The third kappa shape index (κ3) is 5.24. The molecule has 0 saturated carbocycles. The SMILES string of the molecule is O=C(COc1ccccc1-c1ccccc1)N/N=C/c1cc(Br)ccc1F. The summed E-state index contributed by atoms with van der Waals surface area (Å²) in [6.07, 6.45) is 1.25. The normalized spacial score (nSPS) is 10.7. The lowest BCUT2D eigenvalue weighted by atomic mass is 10.1. The molecule has 27 heavy (non-hydrogen) atoms. The summed E-state index contributed by atoms with van der Waals surface area (Å²) in [6, 6.07) is 21.7. The van der Waals surface area contributed by atoms with Crippen LogP contribution in [0.15, 0.2) is 82.4 Å². The van der Waals surface area contributed by atoms with Gasteiger partial charge in [-0.2, -0.15) is 5.10 Å². The fourth-order valence-electron chi connectivity index (χ4n) is 2.41. The average Bonchev–Trinajstić information content (AvgIpc) is 2.70. The number of para-hydroxylation sites is 1. The number of carbonyl (C=O) groups is 1. The number of carbonyl (C=O) groups excluding carboxylic acids is 1. The van der Waals surface area contributed by atoms with Crippen LogP contribution in [0.1, 0.15) is 5.56 Å². The van der Waals surface area contributed by atoms with Gasteiger partial charge in [0.15, 0.2) is 6.61 Å². The highest BCUT2D eigenvalue weighted by atomic mass is 79.9. The maximum absolute atomic E-state index is 13.6. The van der Waals surface area contributed by atoms with E-state index in [-0.39, 0.29) is 12.2 Å². The fraction of sp³-hybridized carbons (Fsp3) is 0.0476. The zero-order valence-electron chi connectivity index (χ0n) is 14.2. The van der Waals surface area contributed by atoms with Crippen molar-refractivity contribution in [1.82, 2.24) is 5.43 Å². The lowest BCUT2D eigenvalue weighted by Crippen LogP contribution is -2.24. The predicted molar refractivity (Wildman–Crippen MR) is 107 cm³/mol. The molecule has 0 atom stereocenters. The molecule has 0 heterocycles. The van der Waals surface area contributed by atoms with E-state index in [0.717, 1.165) is 15.6 Å². The van der Waals surface area contributed by atoms with Gasteiger partial charge in [0.2, 0.25) is 0 Å². The Bertz CT molecular complexity index is 961. The number of nitrogens with zero attached hydrogens (tertiary/aromatic N) is 1. The van der Waals surface area contributed by atoms with E-state index in [4.69, 9.17) is 4.74 Å². The van der Waals surface area contributed by atoms with Crippen molar-refractivity contribution in [1.29, 1.82) is 0 Å². The number of benzene rings is 3. The number of hydrazone groups is 1. The van der Waals surface area contributed by atoms with E-state index in [9.17, 15) is 9.18 Å². The zero-order chi connectivity index (χ0) is 19.1. The Morgan fingerprint density at radius 1 is 1.07 bits per heavy atom. The van der Waals surface area contributed by atoms with Crippen LogP contribution in [0.2, 0.25) is 0 Å². The second-order valence-electron chi connectivity index (χ2n) is 5.61. The summed E-state index contributed by atoms with van der Waals surface area (Å²) >= 11 is 3.26. The van der Waals surface area contributed by atoms with Crippen LogP contribution in [-0.2, 0) is 4.79 Å². The Hall–Kier alpha value is -2.99. The van der Waals surface area contributed by atoms with Gasteiger partial charge in [0.05, 0.1) is 6.21 Å². The average molecular weight is 427 g/mol. The van der Waals surface area contributed by atoms with Crippen LogP contribution >= 0.6 is 15.9 Å². The molecule has 0 aliphatic rings. The van der Waals surface area contributed by atoms with Gasteiger partial charge in [-0.05, 0) is 29.8 Å². The standard InChI is InChI=1S/C21H16BrFN2O2/c22-17-10-11-19(23)16(12-17)13-24-25-21(26)14-27-20-9-5-4-8-18(20)15-6-2-1-3-7-15/h1-13H,14H2,(H,25,26)/b24-13+. The number of hydrogen-bond acceptors (Lipinski definition) is 3. The van der Waals surface area contributed by atoms with Crippen LogP contribution < -0.4 is 10.2 Å². The molecule has 3 aromatic carbocycles. The van der Waals surface area contributed by atoms with E-state index >= 15 is 0 Å². The van der Waals surface area contributed by atoms with E-state index in [0.29, 0.717) is 5.75 Å². The molecule has 1 N–H and O–H groups in total. The smallest absolute Gasteiger partial charge is 0.277 e. The van der Waals surface area contributed by atoms with Gasteiger partial charge in [0, 0.05) is 15.6 Å². The third-order valence-corrected chi connectivity index (χ3v) is 4.17. The Morgan fingerprint density at radius 3 is 2.63 bits per heavy atom.